The van der Waals surface area contributed by atoms with Crippen LogP contribution in [-0.2, 0) is 6.18 Å². The Morgan fingerprint density at radius 1 is 1.07 bits per heavy atom. The molecule has 0 spiro atoms. The highest BCUT2D eigenvalue weighted by molar-refractivity contribution is 7.12. The van der Waals surface area contributed by atoms with Crippen LogP contribution in [0.15, 0.2) is 65.1 Å². The molecule has 220 valence electrons. The van der Waals surface area contributed by atoms with Crippen LogP contribution in [0.5, 0.6) is 0 Å². The van der Waals surface area contributed by atoms with Crippen molar-refractivity contribution < 1.29 is 18.0 Å². The van der Waals surface area contributed by atoms with Gasteiger partial charge in [-0.3, -0.25) is 9.80 Å². The van der Waals surface area contributed by atoms with Gasteiger partial charge in [0, 0.05) is 49.8 Å². The molecule has 1 amide bonds. The molecule has 1 aliphatic carbocycles. The van der Waals surface area contributed by atoms with E-state index in [2.05, 4.69) is 21.6 Å². The molecule has 2 aromatic carbocycles. The van der Waals surface area contributed by atoms with Crippen molar-refractivity contribution in [1.29, 1.82) is 0 Å². The normalized spacial score (nSPS) is 16.9. The van der Waals surface area contributed by atoms with Crippen LogP contribution in [-0.4, -0.2) is 61.8 Å². The number of anilines is 4. The second-order valence-electron chi connectivity index (χ2n) is 10.9. The number of hydrogen-bond donors (Lipinski definition) is 2. The lowest BCUT2D eigenvalue weighted by Gasteiger charge is -2.38. The lowest BCUT2D eigenvalue weighted by atomic mass is 10.1. The van der Waals surface area contributed by atoms with E-state index in [9.17, 15) is 18.0 Å². The lowest BCUT2D eigenvalue weighted by Crippen LogP contribution is -2.45. The van der Waals surface area contributed by atoms with Crippen LogP contribution in [0, 0.1) is 6.92 Å². The van der Waals surface area contributed by atoms with E-state index in [4.69, 9.17) is 4.99 Å². The molecule has 6 rings (SSSR count). The highest BCUT2D eigenvalue weighted by Crippen LogP contribution is 2.40. The SMILES string of the molecule is Cc1ccc(NC(=O)c2ccc(N3CC=CN(N(C)C)C3)c(C(F)(F)F)c2)cc1N1CN=C(NC2CC2)c2sccc21. The van der Waals surface area contributed by atoms with E-state index < -0.39 is 17.6 Å². The van der Waals surface area contributed by atoms with E-state index in [1.807, 2.05) is 44.7 Å². The Labute approximate surface area is 246 Å². The predicted molar refractivity (Wildman–Crippen MR) is 161 cm³/mol. The Balaban J connectivity index is 1.24. The van der Waals surface area contributed by atoms with Crippen LogP contribution >= 0.6 is 11.3 Å². The molecule has 2 N–H and O–H groups in total. The van der Waals surface area contributed by atoms with Crippen molar-refractivity contribution in [3.8, 4) is 0 Å². The quantitative estimate of drug-likeness (QED) is 0.364. The molecule has 1 saturated carbocycles. The fourth-order valence-corrected chi connectivity index (χ4v) is 5.96. The van der Waals surface area contributed by atoms with Crippen molar-refractivity contribution in [1.82, 2.24) is 15.3 Å². The molecule has 1 fully saturated rings. The van der Waals surface area contributed by atoms with Gasteiger partial charge in [-0.15, -0.1) is 11.3 Å². The number of hydrazine groups is 1. The van der Waals surface area contributed by atoms with Crippen molar-refractivity contribution >= 4 is 45.8 Å². The number of alkyl halides is 3. The molecule has 42 heavy (non-hydrogen) atoms. The third-order valence-electron chi connectivity index (χ3n) is 7.53. The minimum absolute atomic E-state index is 0.0284. The number of fused-ring (bicyclic) bond motifs is 1. The maximum Gasteiger partial charge on any atom is 0.418 e. The second kappa shape index (κ2) is 11.0. The van der Waals surface area contributed by atoms with Crippen LogP contribution in [0.1, 0.15) is 39.2 Å². The summed E-state index contributed by atoms with van der Waals surface area (Å²) in [5.74, 6) is 0.305. The Hall–Kier alpha value is -4.03. The van der Waals surface area contributed by atoms with Gasteiger partial charge in [0.05, 0.1) is 21.8 Å². The summed E-state index contributed by atoms with van der Waals surface area (Å²) in [5.41, 5.74) is 2.51. The van der Waals surface area contributed by atoms with E-state index in [1.54, 1.807) is 38.4 Å². The number of nitrogens with one attached hydrogen (secondary N) is 2. The number of amides is 1. The molecule has 0 bridgehead atoms. The molecule has 12 heteroatoms. The molecule has 3 aliphatic rings. The summed E-state index contributed by atoms with van der Waals surface area (Å²) in [6.07, 6.45) is 1.31. The molecule has 0 unspecified atom stereocenters. The molecular formula is C30H32F3N7OS. The summed E-state index contributed by atoms with van der Waals surface area (Å²) < 4.78 is 42.6. The summed E-state index contributed by atoms with van der Waals surface area (Å²) in [7, 11) is 3.65. The first kappa shape index (κ1) is 28.1. The van der Waals surface area contributed by atoms with Gasteiger partial charge in [-0.05, 0) is 73.2 Å². The topological polar surface area (TPSA) is 66.5 Å². The molecular weight excluding hydrogens is 563 g/mol. The van der Waals surface area contributed by atoms with Crippen molar-refractivity contribution in [3.05, 3.63) is 81.7 Å². The molecule has 2 aliphatic heterocycles. The standard InChI is InChI=1S/C30H32F3N7OS/c1-19-5-7-22(16-26(19)40-17-34-28(35-21-8-9-21)27-25(40)11-14-42-27)36-29(41)20-6-10-24(23(15-20)30(31,32)33)38-12-4-13-39(18-38)37(2)3/h4-7,10-11,13-16,21H,8-9,12,17-18H2,1-3H3,(H,34,35)(H,36,41). The van der Waals surface area contributed by atoms with Crippen LogP contribution < -0.4 is 20.4 Å². The number of aliphatic imine (C=N–C) groups is 1. The number of halogens is 3. The first-order chi connectivity index (χ1) is 20.1. The number of amidine groups is 1. The van der Waals surface area contributed by atoms with Crippen LogP contribution in [0.4, 0.5) is 35.9 Å². The summed E-state index contributed by atoms with van der Waals surface area (Å²) in [6, 6.07) is 11.8. The fourth-order valence-electron chi connectivity index (χ4n) is 5.09. The summed E-state index contributed by atoms with van der Waals surface area (Å²) >= 11 is 1.63. The molecule has 0 atom stereocenters. The zero-order valence-corrected chi connectivity index (χ0v) is 24.4. The Bertz CT molecular complexity index is 1560. The highest BCUT2D eigenvalue weighted by atomic mass is 32.1. The Morgan fingerprint density at radius 2 is 1.88 bits per heavy atom. The molecule has 8 nitrogen and oxygen atoms in total. The Kier molecular flexibility index (Phi) is 7.36. The Morgan fingerprint density at radius 3 is 2.62 bits per heavy atom. The molecule has 1 aromatic heterocycles. The largest absolute Gasteiger partial charge is 0.418 e. The van der Waals surface area contributed by atoms with E-state index in [0.29, 0.717) is 24.9 Å². The minimum atomic E-state index is -4.63. The summed E-state index contributed by atoms with van der Waals surface area (Å²) in [4.78, 5) is 22.8. The van der Waals surface area contributed by atoms with Crippen molar-refractivity contribution in [2.75, 3.05) is 49.1 Å². The number of carbonyl (C=O) groups is 1. The van der Waals surface area contributed by atoms with Gasteiger partial charge in [0.15, 0.2) is 0 Å². The maximum absolute atomic E-state index is 14.2. The first-order valence-corrected chi connectivity index (χ1v) is 14.6. The van der Waals surface area contributed by atoms with Gasteiger partial charge in [-0.2, -0.15) is 13.2 Å². The number of aryl methyl sites for hydroxylation is 1. The third kappa shape index (κ3) is 5.68. The zero-order valence-electron chi connectivity index (χ0n) is 23.6. The molecule has 3 aromatic rings. The molecule has 0 saturated heterocycles. The minimum Gasteiger partial charge on any atom is -0.366 e. The van der Waals surface area contributed by atoms with Gasteiger partial charge >= 0.3 is 6.18 Å². The maximum atomic E-state index is 14.2. The van der Waals surface area contributed by atoms with E-state index in [1.165, 1.54) is 12.1 Å². The van der Waals surface area contributed by atoms with Crippen molar-refractivity contribution in [2.45, 2.75) is 32.0 Å². The van der Waals surface area contributed by atoms with E-state index >= 15 is 0 Å². The number of benzene rings is 2. The highest BCUT2D eigenvalue weighted by Gasteiger charge is 2.36. The lowest BCUT2D eigenvalue weighted by molar-refractivity contribution is -0.137. The van der Waals surface area contributed by atoms with Crippen molar-refractivity contribution in [2.24, 2.45) is 4.99 Å². The van der Waals surface area contributed by atoms with E-state index in [-0.39, 0.29) is 17.9 Å². The van der Waals surface area contributed by atoms with Gasteiger partial charge in [0.25, 0.3) is 5.91 Å². The van der Waals surface area contributed by atoms with Gasteiger partial charge in [-0.1, -0.05) is 6.07 Å². The number of carbonyl (C=O) groups excluding carboxylic acids is 1. The number of nitrogens with zero attached hydrogens (tertiary/aromatic N) is 5. The zero-order chi connectivity index (χ0) is 29.6. The predicted octanol–water partition coefficient (Wildman–Crippen LogP) is 6.01. The van der Waals surface area contributed by atoms with Crippen LogP contribution in [0.2, 0.25) is 0 Å². The third-order valence-corrected chi connectivity index (χ3v) is 8.44. The average molecular weight is 596 g/mol. The molecule has 0 radical (unpaired) electrons. The summed E-state index contributed by atoms with van der Waals surface area (Å²) in [5, 5.41) is 12.0. The van der Waals surface area contributed by atoms with Gasteiger partial charge in [0.1, 0.15) is 19.2 Å². The number of thiophene rings is 1. The summed E-state index contributed by atoms with van der Waals surface area (Å²) in [6.45, 7) is 2.99. The fraction of sp³-hybridized carbons (Fsp3) is 0.333. The van der Waals surface area contributed by atoms with E-state index in [0.717, 1.165) is 46.6 Å². The molecule has 3 heterocycles. The number of hydrogen-bond acceptors (Lipinski definition) is 8. The first-order valence-electron chi connectivity index (χ1n) is 13.7. The van der Waals surface area contributed by atoms with Crippen LogP contribution in [0.3, 0.4) is 0 Å². The smallest absolute Gasteiger partial charge is 0.366 e. The van der Waals surface area contributed by atoms with Gasteiger partial charge in [0.2, 0.25) is 0 Å². The second-order valence-corrected chi connectivity index (χ2v) is 11.8. The van der Waals surface area contributed by atoms with Gasteiger partial charge in [-0.25, -0.2) is 10.0 Å². The average Bonchev–Trinajstić information content (AvgIpc) is 3.64. The monoisotopic (exact) mass is 595 g/mol. The number of rotatable bonds is 6. The van der Waals surface area contributed by atoms with Crippen molar-refractivity contribution in [3.63, 3.8) is 0 Å². The van der Waals surface area contributed by atoms with Gasteiger partial charge < -0.3 is 20.4 Å². The van der Waals surface area contributed by atoms with Crippen LogP contribution in [0.25, 0.3) is 0 Å².